The van der Waals surface area contributed by atoms with E-state index in [-0.39, 0.29) is 39.9 Å². The van der Waals surface area contributed by atoms with Crippen LogP contribution in [-0.2, 0) is 0 Å². The van der Waals surface area contributed by atoms with E-state index in [0.717, 1.165) is 6.42 Å². The van der Waals surface area contributed by atoms with Crippen molar-refractivity contribution in [2.75, 3.05) is 0 Å². The molecule has 0 fully saturated rings. The summed E-state index contributed by atoms with van der Waals surface area (Å²) in [5, 5.41) is 23.1. The number of para-hydroxylation sites is 2. The van der Waals surface area contributed by atoms with Gasteiger partial charge in [-0.3, -0.25) is 0 Å². The molecule has 0 saturated carbocycles. The van der Waals surface area contributed by atoms with Crippen LogP contribution in [0, 0.1) is 0 Å². The molecular weight excluding hydrogens is 460 g/mol. The highest BCUT2D eigenvalue weighted by Crippen LogP contribution is 2.42. The molecule has 5 rings (SSSR count). The Bertz CT molecular complexity index is 1580. The molecule has 2 N–H and O–H groups in total. The van der Waals surface area contributed by atoms with E-state index in [4.69, 9.17) is 13.6 Å². The molecule has 0 bridgehead atoms. The van der Waals surface area contributed by atoms with Crippen LogP contribution in [0.2, 0.25) is 0 Å². The van der Waals surface area contributed by atoms with Gasteiger partial charge < -0.3 is 23.8 Å². The number of benzene rings is 3. The summed E-state index contributed by atoms with van der Waals surface area (Å²) in [5.41, 5.74) is -1.15. The molecule has 5 aromatic rings. The van der Waals surface area contributed by atoms with Crippen molar-refractivity contribution in [3.8, 4) is 17.2 Å². The van der Waals surface area contributed by atoms with Gasteiger partial charge in [-0.25, -0.2) is 9.59 Å². The van der Waals surface area contributed by atoms with Crippen LogP contribution in [0.15, 0.2) is 91.2 Å². The predicted molar refractivity (Wildman–Crippen MR) is 136 cm³/mol. The zero-order valence-corrected chi connectivity index (χ0v) is 19.7. The number of rotatable bonds is 6. The minimum Gasteiger partial charge on any atom is -0.507 e. The van der Waals surface area contributed by atoms with Crippen molar-refractivity contribution in [1.82, 2.24) is 0 Å². The van der Waals surface area contributed by atoms with Crippen molar-refractivity contribution in [3.63, 3.8) is 0 Å². The van der Waals surface area contributed by atoms with Crippen LogP contribution in [-0.4, -0.2) is 16.3 Å². The molecule has 0 spiro atoms. The summed E-state index contributed by atoms with van der Waals surface area (Å²) in [6, 6.07) is 19.9. The zero-order chi connectivity index (χ0) is 25.4. The molecule has 182 valence electrons. The maximum Gasteiger partial charge on any atom is 0.344 e. The number of ether oxygens (including phenoxy) is 1. The average Bonchev–Trinajstić information content (AvgIpc) is 2.88. The van der Waals surface area contributed by atoms with Gasteiger partial charge in [-0.05, 0) is 55.3 Å². The minimum atomic E-state index is -1.18. The maximum absolute atomic E-state index is 13.2. The molecule has 0 aliphatic carbocycles. The lowest BCUT2D eigenvalue weighted by atomic mass is 9.84. The molecular formula is C29H24O7. The first kappa shape index (κ1) is 23.2. The number of fused-ring (bicyclic) bond motifs is 2. The van der Waals surface area contributed by atoms with Crippen LogP contribution in [0.4, 0.5) is 0 Å². The lowest BCUT2D eigenvalue weighted by Gasteiger charge is -2.20. The Balaban J connectivity index is 1.80. The molecule has 0 unspecified atom stereocenters. The van der Waals surface area contributed by atoms with Gasteiger partial charge in [-0.1, -0.05) is 43.3 Å². The summed E-state index contributed by atoms with van der Waals surface area (Å²) >= 11 is 0. The summed E-state index contributed by atoms with van der Waals surface area (Å²) in [5.74, 6) is -1.24. The van der Waals surface area contributed by atoms with Gasteiger partial charge in [-0.2, -0.15) is 0 Å². The molecule has 3 aromatic carbocycles. The van der Waals surface area contributed by atoms with Crippen LogP contribution in [0.3, 0.4) is 0 Å². The Morgan fingerprint density at radius 3 is 1.69 bits per heavy atom. The molecule has 1 atom stereocenters. The SMILES string of the molecule is CC[C@H](C)Oc1ccc(C(c2c(O)c3ccccc3oc2=O)c2c(O)c3ccccc3oc2=O)cc1. The second kappa shape index (κ2) is 9.26. The van der Waals surface area contributed by atoms with Gasteiger partial charge in [0.25, 0.3) is 0 Å². The lowest BCUT2D eigenvalue weighted by Crippen LogP contribution is -2.21. The van der Waals surface area contributed by atoms with Gasteiger partial charge in [0, 0.05) is 0 Å². The highest BCUT2D eigenvalue weighted by molar-refractivity contribution is 5.86. The van der Waals surface area contributed by atoms with Crippen molar-refractivity contribution in [1.29, 1.82) is 0 Å². The summed E-state index contributed by atoms with van der Waals surface area (Å²) < 4.78 is 16.9. The lowest BCUT2D eigenvalue weighted by molar-refractivity contribution is 0.217. The first-order chi connectivity index (χ1) is 17.4. The fraction of sp³-hybridized carbons (Fsp3) is 0.172. The molecule has 0 aliphatic heterocycles. The Hall–Kier alpha value is -4.52. The number of aromatic hydroxyl groups is 2. The molecule has 2 heterocycles. The van der Waals surface area contributed by atoms with Gasteiger partial charge in [0.1, 0.15) is 28.4 Å². The fourth-order valence-corrected chi connectivity index (χ4v) is 4.34. The minimum absolute atomic E-state index is 0.000185. The molecule has 36 heavy (non-hydrogen) atoms. The molecule has 7 heteroatoms. The quantitative estimate of drug-likeness (QED) is 0.299. The second-order valence-electron chi connectivity index (χ2n) is 8.63. The van der Waals surface area contributed by atoms with Crippen LogP contribution in [0.25, 0.3) is 21.9 Å². The van der Waals surface area contributed by atoms with Crippen LogP contribution in [0.1, 0.15) is 42.9 Å². The Kier molecular flexibility index (Phi) is 5.98. The summed E-state index contributed by atoms with van der Waals surface area (Å²) in [6.45, 7) is 3.96. The number of hydrogen-bond acceptors (Lipinski definition) is 7. The Morgan fingerprint density at radius 1 is 0.750 bits per heavy atom. The third kappa shape index (κ3) is 3.98. The second-order valence-corrected chi connectivity index (χ2v) is 8.63. The van der Waals surface area contributed by atoms with Crippen LogP contribution in [0.5, 0.6) is 17.2 Å². The average molecular weight is 485 g/mol. The van der Waals surface area contributed by atoms with Crippen molar-refractivity contribution < 1.29 is 23.8 Å². The normalized spacial score (nSPS) is 12.3. The van der Waals surface area contributed by atoms with E-state index in [0.29, 0.717) is 22.1 Å². The zero-order valence-electron chi connectivity index (χ0n) is 19.7. The van der Waals surface area contributed by atoms with Gasteiger partial charge >= 0.3 is 11.3 Å². The first-order valence-corrected chi connectivity index (χ1v) is 11.6. The summed E-state index contributed by atoms with van der Waals surface area (Å²) in [6.07, 6.45) is 0.822. The van der Waals surface area contributed by atoms with Crippen molar-refractivity contribution in [3.05, 3.63) is 110 Å². The Morgan fingerprint density at radius 2 is 1.22 bits per heavy atom. The summed E-state index contributed by atoms with van der Waals surface area (Å²) in [7, 11) is 0. The van der Waals surface area contributed by atoms with Crippen molar-refractivity contribution >= 4 is 21.9 Å². The van der Waals surface area contributed by atoms with Gasteiger partial charge in [0.2, 0.25) is 0 Å². The third-order valence-corrected chi connectivity index (χ3v) is 6.34. The van der Waals surface area contributed by atoms with Gasteiger partial charge in [-0.15, -0.1) is 0 Å². The Labute approximate surface area is 205 Å². The topological polar surface area (TPSA) is 110 Å². The molecule has 2 aromatic heterocycles. The van der Waals surface area contributed by atoms with E-state index in [1.165, 1.54) is 0 Å². The van der Waals surface area contributed by atoms with Crippen molar-refractivity contribution in [2.24, 2.45) is 0 Å². The monoisotopic (exact) mass is 484 g/mol. The molecule has 0 saturated heterocycles. The largest absolute Gasteiger partial charge is 0.507 e. The van der Waals surface area contributed by atoms with Crippen molar-refractivity contribution in [2.45, 2.75) is 32.3 Å². The fourth-order valence-electron chi connectivity index (χ4n) is 4.34. The van der Waals surface area contributed by atoms with E-state index in [1.807, 2.05) is 13.8 Å². The predicted octanol–water partition coefficient (Wildman–Crippen LogP) is 5.67. The summed E-state index contributed by atoms with van der Waals surface area (Å²) in [4.78, 5) is 26.4. The molecule has 0 radical (unpaired) electrons. The van der Waals surface area contributed by atoms with E-state index in [9.17, 15) is 19.8 Å². The van der Waals surface area contributed by atoms with E-state index < -0.39 is 17.2 Å². The standard InChI is InChI=1S/C29H24O7/c1-3-16(2)34-18-14-12-17(13-15-18)23(24-26(30)19-8-4-6-10-21(19)35-28(24)32)25-27(31)20-9-5-7-11-22(20)36-29(25)33/h4-16,23,30-31H,3H2,1-2H3/t16-/m0/s1. The van der Waals surface area contributed by atoms with Gasteiger partial charge in [0.15, 0.2) is 0 Å². The van der Waals surface area contributed by atoms with Crippen LogP contribution < -0.4 is 16.0 Å². The van der Waals surface area contributed by atoms with E-state index >= 15 is 0 Å². The highest BCUT2D eigenvalue weighted by atomic mass is 16.5. The molecule has 0 aliphatic rings. The first-order valence-electron chi connectivity index (χ1n) is 11.6. The maximum atomic E-state index is 13.2. The van der Waals surface area contributed by atoms with E-state index in [2.05, 4.69) is 0 Å². The molecule has 7 nitrogen and oxygen atoms in total. The van der Waals surface area contributed by atoms with Gasteiger partial charge in [0.05, 0.1) is 33.9 Å². The smallest absolute Gasteiger partial charge is 0.344 e. The number of hydrogen-bond donors (Lipinski definition) is 2. The third-order valence-electron chi connectivity index (χ3n) is 6.34. The van der Waals surface area contributed by atoms with E-state index in [1.54, 1.807) is 72.8 Å². The van der Waals surface area contributed by atoms with Crippen LogP contribution >= 0.6 is 0 Å². The molecule has 0 amide bonds. The highest BCUT2D eigenvalue weighted by Gasteiger charge is 2.32.